The molecule has 0 unspecified atom stereocenters. The molecule has 2 aromatic heterocycles. The number of hydrogen-bond donors (Lipinski definition) is 0. The molecule has 0 fully saturated rings. The van der Waals surface area contributed by atoms with E-state index in [0.717, 1.165) is 16.3 Å². The first-order valence-corrected chi connectivity index (χ1v) is 8.29. The predicted molar refractivity (Wildman–Crippen MR) is 91.4 cm³/mol. The van der Waals surface area contributed by atoms with Gasteiger partial charge in [0.25, 0.3) is 0 Å². The molecule has 0 radical (unpaired) electrons. The molecule has 2 heterocycles. The van der Waals surface area contributed by atoms with Gasteiger partial charge < -0.3 is 9.47 Å². The molecule has 25 heavy (non-hydrogen) atoms. The summed E-state index contributed by atoms with van der Waals surface area (Å²) in [6.45, 7) is 0.182. The third-order valence-corrected chi connectivity index (χ3v) is 4.51. The number of benzene rings is 2. The molecule has 8 heteroatoms. The third-order valence-electron chi connectivity index (χ3n) is 3.57. The van der Waals surface area contributed by atoms with Crippen LogP contribution in [0.4, 0.5) is 4.39 Å². The van der Waals surface area contributed by atoms with E-state index in [-0.39, 0.29) is 12.4 Å². The maximum atomic E-state index is 12.9. The van der Waals surface area contributed by atoms with Crippen LogP contribution in [-0.2, 0) is 6.61 Å². The standard InChI is InChI=1S/C17H13FN4O2S/c1-23-14-5-3-2-4-13(14)16-21-22-15(19-20-17(22)25-16)10-24-12-8-6-11(18)7-9-12/h2-9H,10H2,1H3. The van der Waals surface area contributed by atoms with Gasteiger partial charge in [0.1, 0.15) is 23.9 Å². The van der Waals surface area contributed by atoms with Crippen molar-refractivity contribution in [1.82, 2.24) is 19.8 Å². The zero-order valence-electron chi connectivity index (χ0n) is 13.2. The molecular formula is C17H13FN4O2S. The molecule has 0 amide bonds. The van der Waals surface area contributed by atoms with Gasteiger partial charge >= 0.3 is 0 Å². The topological polar surface area (TPSA) is 61.5 Å². The number of para-hydroxylation sites is 1. The molecule has 0 aliphatic heterocycles. The van der Waals surface area contributed by atoms with Crippen molar-refractivity contribution in [3.8, 4) is 22.1 Å². The number of nitrogens with zero attached hydrogens (tertiary/aromatic N) is 4. The summed E-state index contributed by atoms with van der Waals surface area (Å²) in [4.78, 5) is 0.665. The van der Waals surface area contributed by atoms with E-state index >= 15 is 0 Å². The lowest BCUT2D eigenvalue weighted by Gasteiger charge is -2.04. The molecule has 0 saturated heterocycles. The van der Waals surface area contributed by atoms with E-state index in [9.17, 15) is 4.39 Å². The number of fused-ring (bicyclic) bond motifs is 1. The van der Waals surface area contributed by atoms with Gasteiger partial charge in [-0.05, 0) is 36.4 Å². The molecule has 4 aromatic rings. The normalized spacial score (nSPS) is 11.0. The molecule has 0 saturated carbocycles. The van der Waals surface area contributed by atoms with Crippen LogP contribution >= 0.6 is 11.3 Å². The Morgan fingerprint density at radius 1 is 1.08 bits per heavy atom. The summed E-state index contributed by atoms with van der Waals surface area (Å²) in [5, 5.41) is 13.6. The molecular weight excluding hydrogens is 343 g/mol. The first-order chi connectivity index (χ1) is 12.2. The number of aromatic nitrogens is 4. The number of halogens is 1. The van der Waals surface area contributed by atoms with Crippen molar-refractivity contribution < 1.29 is 13.9 Å². The number of hydrogen-bond acceptors (Lipinski definition) is 6. The van der Waals surface area contributed by atoms with E-state index in [4.69, 9.17) is 9.47 Å². The van der Waals surface area contributed by atoms with Crippen molar-refractivity contribution in [2.75, 3.05) is 7.11 Å². The summed E-state index contributed by atoms with van der Waals surface area (Å²) in [6.07, 6.45) is 0. The van der Waals surface area contributed by atoms with Crippen LogP contribution in [0.1, 0.15) is 5.82 Å². The van der Waals surface area contributed by atoms with Gasteiger partial charge in [-0.25, -0.2) is 4.39 Å². The van der Waals surface area contributed by atoms with E-state index in [1.54, 1.807) is 23.8 Å². The monoisotopic (exact) mass is 356 g/mol. The van der Waals surface area contributed by atoms with E-state index in [1.165, 1.54) is 23.5 Å². The van der Waals surface area contributed by atoms with E-state index in [0.29, 0.717) is 16.5 Å². The highest BCUT2D eigenvalue weighted by Gasteiger charge is 2.15. The van der Waals surface area contributed by atoms with Gasteiger partial charge in [0.2, 0.25) is 4.96 Å². The molecule has 0 N–H and O–H groups in total. The van der Waals surface area contributed by atoms with Crippen molar-refractivity contribution in [1.29, 1.82) is 0 Å². The van der Waals surface area contributed by atoms with E-state index in [1.807, 2.05) is 24.3 Å². The lowest BCUT2D eigenvalue weighted by Crippen LogP contribution is -2.02. The summed E-state index contributed by atoms with van der Waals surface area (Å²) in [5.74, 6) is 1.56. The predicted octanol–water partition coefficient (Wildman–Crippen LogP) is 3.58. The van der Waals surface area contributed by atoms with Crippen molar-refractivity contribution in [2.45, 2.75) is 6.61 Å². The fourth-order valence-electron chi connectivity index (χ4n) is 2.36. The maximum absolute atomic E-state index is 12.9. The lowest BCUT2D eigenvalue weighted by atomic mass is 10.2. The van der Waals surface area contributed by atoms with Crippen LogP contribution in [0.5, 0.6) is 11.5 Å². The van der Waals surface area contributed by atoms with Crippen molar-refractivity contribution in [3.63, 3.8) is 0 Å². The molecule has 2 aromatic carbocycles. The fourth-order valence-corrected chi connectivity index (χ4v) is 3.24. The molecule has 0 aliphatic rings. The van der Waals surface area contributed by atoms with Crippen LogP contribution in [-0.4, -0.2) is 26.9 Å². The minimum atomic E-state index is -0.307. The number of ether oxygens (including phenoxy) is 2. The third kappa shape index (κ3) is 3.03. The number of methoxy groups -OCH3 is 1. The van der Waals surface area contributed by atoms with Gasteiger partial charge in [0.15, 0.2) is 10.8 Å². The average Bonchev–Trinajstić information content (AvgIpc) is 3.22. The van der Waals surface area contributed by atoms with Gasteiger partial charge in [-0.2, -0.15) is 9.61 Å². The smallest absolute Gasteiger partial charge is 0.235 e. The molecule has 0 bridgehead atoms. The van der Waals surface area contributed by atoms with Gasteiger partial charge in [-0.1, -0.05) is 23.5 Å². The molecule has 4 rings (SSSR count). The second-order valence-corrected chi connectivity index (χ2v) is 6.12. The Labute approximate surface area is 146 Å². The fraction of sp³-hybridized carbons (Fsp3) is 0.118. The largest absolute Gasteiger partial charge is 0.496 e. The summed E-state index contributed by atoms with van der Waals surface area (Å²) in [5.41, 5.74) is 0.894. The SMILES string of the molecule is COc1ccccc1-c1nn2c(COc3ccc(F)cc3)nnc2s1. The highest BCUT2D eigenvalue weighted by atomic mass is 32.1. The van der Waals surface area contributed by atoms with Gasteiger partial charge in [0.05, 0.1) is 12.7 Å². The minimum absolute atomic E-state index is 0.182. The maximum Gasteiger partial charge on any atom is 0.235 e. The van der Waals surface area contributed by atoms with Crippen LogP contribution in [0.3, 0.4) is 0 Å². The minimum Gasteiger partial charge on any atom is -0.496 e. The quantitative estimate of drug-likeness (QED) is 0.547. The van der Waals surface area contributed by atoms with Crippen LogP contribution in [0.25, 0.3) is 15.5 Å². The zero-order chi connectivity index (χ0) is 17.2. The van der Waals surface area contributed by atoms with E-state index in [2.05, 4.69) is 15.3 Å². The van der Waals surface area contributed by atoms with E-state index < -0.39 is 0 Å². The van der Waals surface area contributed by atoms with Crippen molar-refractivity contribution in [2.24, 2.45) is 0 Å². The Morgan fingerprint density at radius 2 is 1.88 bits per heavy atom. The van der Waals surface area contributed by atoms with Gasteiger partial charge in [-0.15, -0.1) is 10.2 Å². The molecule has 0 atom stereocenters. The number of rotatable bonds is 5. The van der Waals surface area contributed by atoms with Gasteiger partial charge in [0, 0.05) is 0 Å². The Hall–Kier alpha value is -3.00. The van der Waals surface area contributed by atoms with Crippen LogP contribution in [0.15, 0.2) is 48.5 Å². The highest BCUT2D eigenvalue weighted by molar-refractivity contribution is 7.19. The second kappa shape index (κ2) is 6.48. The van der Waals surface area contributed by atoms with Crippen LogP contribution in [0.2, 0.25) is 0 Å². The summed E-state index contributed by atoms with van der Waals surface area (Å²) in [7, 11) is 1.63. The summed E-state index contributed by atoms with van der Waals surface area (Å²) < 4.78 is 25.6. The summed E-state index contributed by atoms with van der Waals surface area (Å²) >= 11 is 1.42. The zero-order valence-corrected chi connectivity index (χ0v) is 14.0. The molecule has 0 spiro atoms. The molecule has 126 valence electrons. The Bertz CT molecular complexity index is 1010. The molecule has 6 nitrogen and oxygen atoms in total. The highest BCUT2D eigenvalue weighted by Crippen LogP contribution is 2.32. The summed E-state index contributed by atoms with van der Waals surface area (Å²) in [6, 6.07) is 13.5. The first kappa shape index (κ1) is 15.5. The van der Waals surface area contributed by atoms with Crippen LogP contribution < -0.4 is 9.47 Å². The Morgan fingerprint density at radius 3 is 2.68 bits per heavy atom. The van der Waals surface area contributed by atoms with Crippen molar-refractivity contribution in [3.05, 3.63) is 60.2 Å². The lowest BCUT2D eigenvalue weighted by molar-refractivity contribution is 0.292. The first-order valence-electron chi connectivity index (χ1n) is 7.47. The van der Waals surface area contributed by atoms with Crippen molar-refractivity contribution >= 4 is 16.3 Å². The van der Waals surface area contributed by atoms with Gasteiger partial charge in [-0.3, -0.25) is 0 Å². The Balaban J connectivity index is 1.61. The van der Waals surface area contributed by atoms with Crippen LogP contribution in [0, 0.1) is 5.82 Å². The Kier molecular flexibility index (Phi) is 4.02. The average molecular weight is 356 g/mol. The second-order valence-electron chi connectivity index (χ2n) is 5.16. The molecule has 0 aliphatic carbocycles.